The van der Waals surface area contributed by atoms with Crippen LogP contribution in [0.25, 0.3) is 0 Å². The minimum atomic E-state index is 0.155. The predicted molar refractivity (Wildman–Crippen MR) is 78.4 cm³/mol. The Labute approximate surface area is 122 Å². The molecular weight excluding hydrogens is 272 g/mol. The van der Waals surface area contributed by atoms with E-state index in [0.717, 1.165) is 11.4 Å². The van der Waals surface area contributed by atoms with Crippen LogP contribution >= 0.6 is 11.6 Å². The number of hydrogen-bond donors (Lipinski definition) is 0. The lowest BCUT2D eigenvalue weighted by atomic mass is 10.2. The van der Waals surface area contributed by atoms with E-state index < -0.39 is 0 Å². The predicted octanol–water partition coefficient (Wildman–Crippen LogP) is 3.50. The Balaban J connectivity index is 1.97. The first kappa shape index (κ1) is 12.8. The number of hydrogen-bond acceptors (Lipinski definition) is 3. The highest BCUT2D eigenvalue weighted by Gasteiger charge is 2.22. The van der Waals surface area contributed by atoms with E-state index in [1.54, 1.807) is 6.20 Å². The highest BCUT2D eigenvalue weighted by molar-refractivity contribution is 6.30. The van der Waals surface area contributed by atoms with Gasteiger partial charge in [-0.15, -0.1) is 0 Å². The molecule has 1 aliphatic rings. The van der Waals surface area contributed by atoms with Crippen molar-refractivity contribution < 1.29 is 0 Å². The van der Waals surface area contributed by atoms with Gasteiger partial charge in [0.1, 0.15) is 17.5 Å². The molecule has 0 aliphatic carbocycles. The summed E-state index contributed by atoms with van der Waals surface area (Å²) in [5, 5.41) is 14.2. The van der Waals surface area contributed by atoms with Gasteiger partial charge in [0, 0.05) is 17.8 Å². The highest BCUT2D eigenvalue weighted by atomic mass is 35.5. The quantitative estimate of drug-likeness (QED) is 0.848. The van der Waals surface area contributed by atoms with Gasteiger partial charge in [-0.05, 0) is 30.7 Å². The molecule has 0 bridgehead atoms. The summed E-state index contributed by atoms with van der Waals surface area (Å²) in [4.78, 5) is 2.03. The molecule has 2 heterocycles. The molecule has 0 amide bonds. The van der Waals surface area contributed by atoms with Gasteiger partial charge < -0.3 is 4.90 Å². The van der Waals surface area contributed by atoms with Crippen molar-refractivity contribution in [3.8, 4) is 6.07 Å². The van der Waals surface area contributed by atoms with Gasteiger partial charge in [0.25, 0.3) is 0 Å². The van der Waals surface area contributed by atoms with E-state index in [-0.39, 0.29) is 6.04 Å². The van der Waals surface area contributed by atoms with E-state index in [1.807, 2.05) is 47.0 Å². The first-order valence-corrected chi connectivity index (χ1v) is 6.74. The van der Waals surface area contributed by atoms with E-state index in [1.165, 1.54) is 0 Å². The fourth-order valence-electron chi connectivity index (χ4n) is 2.36. The normalized spacial score (nSPS) is 16.9. The fourth-order valence-corrected chi connectivity index (χ4v) is 2.57. The average molecular weight is 285 g/mol. The van der Waals surface area contributed by atoms with E-state index in [2.05, 4.69) is 17.2 Å². The lowest BCUT2D eigenvalue weighted by molar-refractivity contribution is 0.560. The second-order valence-corrected chi connectivity index (χ2v) is 5.21. The van der Waals surface area contributed by atoms with Gasteiger partial charge >= 0.3 is 0 Å². The number of allylic oxidation sites excluding steroid dienone is 1. The van der Waals surface area contributed by atoms with Crippen molar-refractivity contribution in [2.45, 2.75) is 19.5 Å². The van der Waals surface area contributed by atoms with Crippen molar-refractivity contribution >= 4 is 17.4 Å². The number of rotatable bonds is 2. The molecule has 100 valence electrons. The average Bonchev–Trinajstić information content (AvgIpc) is 2.87. The summed E-state index contributed by atoms with van der Waals surface area (Å²) in [6.45, 7) is 2.70. The second kappa shape index (κ2) is 5.03. The standard InChI is InChI=1S/C15H13ClN4/c1-11-5-6-19(10-12-3-2-4-14(16)7-12)15-13(8-17)9-18-20(11)15/h2-7,9,11H,10H2,1H3. The Morgan fingerprint density at radius 1 is 1.45 bits per heavy atom. The number of nitrogens with zero attached hydrogens (tertiary/aromatic N) is 4. The zero-order chi connectivity index (χ0) is 14.1. The van der Waals surface area contributed by atoms with E-state index in [0.29, 0.717) is 17.1 Å². The molecule has 3 rings (SSSR count). The molecule has 0 fully saturated rings. The Bertz CT molecular complexity index is 711. The van der Waals surface area contributed by atoms with Crippen LogP contribution < -0.4 is 4.90 Å². The van der Waals surface area contributed by atoms with Crippen LogP contribution in [0.15, 0.2) is 42.7 Å². The molecule has 1 unspecified atom stereocenters. The Morgan fingerprint density at radius 2 is 2.30 bits per heavy atom. The van der Waals surface area contributed by atoms with Gasteiger partial charge in [-0.2, -0.15) is 10.4 Å². The second-order valence-electron chi connectivity index (χ2n) is 4.78. The SMILES string of the molecule is CC1C=CN(Cc2cccc(Cl)c2)c2c(C#N)cnn21. The van der Waals surface area contributed by atoms with Crippen LogP contribution in [0.5, 0.6) is 0 Å². The third-order valence-corrected chi connectivity index (χ3v) is 3.57. The molecule has 1 aromatic carbocycles. The van der Waals surface area contributed by atoms with Gasteiger partial charge in [-0.1, -0.05) is 23.7 Å². The van der Waals surface area contributed by atoms with Gasteiger partial charge in [0.05, 0.1) is 12.2 Å². The summed E-state index contributed by atoms with van der Waals surface area (Å²) in [5.74, 6) is 0.836. The van der Waals surface area contributed by atoms with Crippen molar-refractivity contribution in [1.29, 1.82) is 5.26 Å². The molecule has 1 aromatic heterocycles. The molecular formula is C15H13ClN4. The molecule has 2 aromatic rings. The summed E-state index contributed by atoms with van der Waals surface area (Å²) in [6.07, 6.45) is 5.68. The first-order valence-electron chi connectivity index (χ1n) is 6.36. The molecule has 20 heavy (non-hydrogen) atoms. The maximum absolute atomic E-state index is 9.22. The third kappa shape index (κ3) is 2.17. The molecule has 0 spiro atoms. The van der Waals surface area contributed by atoms with Crippen LogP contribution in [0.1, 0.15) is 24.1 Å². The smallest absolute Gasteiger partial charge is 0.149 e. The van der Waals surface area contributed by atoms with E-state index in [9.17, 15) is 5.26 Å². The van der Waals surface area contributed by atoms with Gasteiger partial charge in [-0.3, -0.25) is 0 Å². The summed E-state index contributed by atoms with van der Waals surface area (Å²) in [6, 6.07) is 10.1. The van der Waals surface area contributed by atoms with Crippen LogP contribution in [-0.2, 0) is 6.54 Å². The Morgan fingerprint density at radius 3 is 3.05 bits per heavy atom. The Kier molecular flexibility index (Phi) is 3.21. The summed E-state index contributed by atoms with van der Waals surface area (Å²) in [5.41, 5.74) is 1.68. The van der Waals surface area contributed by atoms with Crippen LogP contribution in [0, 0.1) is 11.3 Å². The molecule has 5 heteroatoms. The molecule has 0 saturated heterocycles. The Hall–Kier alpha value is -2.25. The third-order valence-electron chi connectivity index (χ3n) is 3.33. The summed E-state index contributed by atoms with van der Waals surface area (Å²) in [7, 11) is 0. The maximum Gasteiger partial charge on any atom is 0.149 e. The van der Waals surface area contributed by atoms with Gasteiger partial charge in [0.15, 0.2) is 0 Å². The largest absolute Gasteiger partial charge is 0.328 e. The monoisotopic (exact) mass is 284 g/mol. The minimum Gasteiger partial charge on any atom is -0.328 e. The lowest BCUT2D eigenvalue weighted by Gasteiger charge is -2.28. The van der Waals surface area contributed by atoms with Crippen LogP contribution in [0.4, 0.5) is 5.82 Å². The lowest BCUT2D eigenvalue weighted by Crippen LogP contribution is -2.25. The number of fused-ring (bicyclic) bond motifs is 1. The molecule has 1 atom stereocenters. The van der Waals surface area contributed by atoms with Crippen LogP contribution in [0.2, 0.25) is 5.02 Å². The summed E-state index contributed by atoms with van der Waals surface area (Å²) < 4.78 is 1.86. The number of aromatic nitrogens is 2. The molecule has 0 saturated carbocycles. The van der Waals surface area contributed by atoms with Crippen molar-refractivity contribution in [3.05, 3.63) is 58.9 Å². The maximum atomic E-state index is 9.22. The first-order chi connectivity index (χ1) is 9.69. The highest BCUT2D eigenvalue weighted by Crippen LogP contribution is 2.30. The summed E-state index contributed by atoms with van der Waals surface area (Å²) >= 11 is 6.02. The molecule has 4 nitrogen and oxygen atoms in total. The van der Waals surface area contributed by atoms with E-state index >= 15 is 0 Å². The number of anilines is 1. The minimum absolute atomic E-state index is 0.155. The molecule has 0 N–H and O–H groups in total. The van der Waals surface area contributed by atoms with Gasteiger partial charge in [-0.25, -0.2) is 4.68 Å². The zero-order valence-corrected chi connectivity index (χ0v) is 11.7. The van der Waals surface area contributed by atoms with Gasteiger partial charge in [0.2, 0.25) is 0 Å². The number of benzene rings is 1. The van der Waals surface area contributed by atoms with Crippen molar-refractivity contribution in [1.82, 2.24) is 9.78 Å². The van der Waals surface area contributed by atoms with E-state index in [4.69, 9.17) is 11.6 Å². The molecule has 1 aliphatic heterocycles. The zero-order valence-electron chi connectivity index (χ0n) is 11.0. The van der Waals surface area contributed by atoms with Crippen LogP contribution in [0.3, 0.4) is 0 Å². The van der Waals surface area contributed by atoms with Crippen molar-refractivity contribution in [2.75, 3.05) is 4.90 Å². The number of nitriles is 1. The number of halogens is 1. The molecule has 0 radical (unpaired) electrons. The van der Waals surface area contributed by atoms with Crippen LogP contribution in [-0.4, -0.2) is 9.78 Å². The fraction of sp³-hybridized carbons (Fsp3) is 0.200. The topological polar surface area (TPSA) is 44.9 Å². The van der Waals surface area contributed by atoms with Crippen molar-refractivity contribution in [2.24, 2.45) is 0 Å². The van der Waals surface area contributed by atoms with Crippen molar-refractivity contribution in [3.63, 3.8) is 0 Å².